The lowest BCUT2D eigenvalue weighted by atomic mass is 9.82. The minimum Gasteiger partial charge on any atom is -0.480 e. The van der Waals surface area contributed by atoms with Crippen LogP contribution in [-0.4, -0.2) is 29.2 Å². The fraction of sp³-hybridized carbons (Fsp3) is 0.462. The normalized spacial score (nSPS) is 34.6. The highest BCUT2D eigenvalue weighted by Gasteiger charge is 2.42. The third kappa shape index (κ3) is 1.60. The van der Waals surface area contributed by atoms with E-state index in [4.69, 9.17) is 5.11 Å². The smallest absolute Gasteiger partial charge is 0.320 e. The van der Waals surface area contributed by atoms with Crippen LogP contribution in [0.25, 0.3) is 0 Å². The lowest BCUT2D eigenvalue weighted by Gasteiger charge is -2.36. The summed E-state index contributed by atoms with van der Waals surface area (Å²) < 4.78 is 0. The summed E-state index contributed by atoms with van der Waals surface area (Å²) in [4.78, 5) is 11.1. The topological polar surface area (TPSA) is 61.4 Å². The number of carboxylic acids is 1. The Kier molecular flexibility index (Phi) is 2.33. The minimum absolute atomic E-state index is 0.169. The molecule has 3 rings (SSSR count). The van der Waals surface area contributed by atoms with Crippen LogP contribution in [0.2, 0.25) is 0 Å². The van der Waals surface area contributed by atoms with E-state index in [-0.39, 0.29) is 6.04 Å². The largest absolute Gasteiger partial charge is 0.480 e. The molecule has 1 saturated heterocycles. The molecule has 0 saturated carbocycles. The zero-order valence-corrected chi connectivity index (χ0v) is 9.68. The Morgan fingerprint density at radius 1 is 1.41 bits per heavy atom. The van der Waals surface area contributed by atoms with Gasteiger partial charge < -0.3 is 10.4 Å². The maximum absolute atomic E-state index is 11.1. The molecule has 2 aliphatic rings. The van der Waals surface area contributed by atoms with Crippen molar-refractivity contribution in [1.82, 2.24) is 5.32 Å². The van der Waals surface area contributed by atoms with Gasteiger partial charge in [-0.25, -0.2) is 0 Å². The van der Waals surface area contributed by atoms with Crippen LogP contribution in [0.15, 0.2) is 24.3 Å². The van der Waals surface area contributed by atoms with Gasteiger partial charge in [-0.05, 0) is 25.0 Å². The van der Waals surface area contributed by atoms with E-state index < -0.39 is 12.0 Å². The van der Waals surface area contributed by atoms with Crippen LogP contribution in [0.1, 0.15) is 24.8 Å². The van der Waals surface area contributed by atoms with Gasteiger partial charge in [-0.2, -0.15) is 0 Å². The first-order valence-corrected chi connectivity index (χ1v) is 6.01. The molecule has 1 fully saturated rings. The van der Waals surface area contributed by atoms with Gasteiger partial charge in [0.15, 0.2) is 0 Å². The molecule has 2 unspecified atom stereocenters. The second-order valence-corrected chi connectivity index (χ2v) is 4.95. The highest BCUT2D eigenvalue weighted by molar-refractivity contribution is 5.74. The van der Waals surface area contributed by atoms with E-state index in [9.17, 15) is 4.79 Å². The van der Waals surface area contributed by atoms with Crippen molar-refractivity contribution in [1.29, 1.82) is 0 Å². The van der Waals surface area contributed by atoms with Gasteiger partial charge in [-0.1, -0.05) is 18.2 Å². The van der Waals surface area contributed by atoms with E-state index >= 15 is 0 Å². The molecule has 1 aromatic rings. The Hall–Kier alpha value is -1.55. The lowest BCUT2D eigenvalue weighted by molar-refractivity contribution is -0.140. The number of nitrogens with one attached hydrogen (secondary N) is 2. The molecule has 3 N–H and O–H groups in total. The molecular weight excluding hydrogens is 216 g/mol. The van der Waals surface area contributed by atoms with Gasteiger partial charge in [-0.3, -0.25) is 10.1 Å². The average molecular weight is 232 g/mol. The molecule has 0 bridgehead atoms. The van der Waals surface area contributed by atoms with Gasteiger partial charge in [-0.15, -0.1) is 0 Å². The van der Waals surface area contributed by atoms with E-state index in [1.165, 1.54) is 5.56 Å². The fourth-order valence-electron chi connectivity index (χ4n) is 3.09. The first-order valence-electron chi connectivity index (χ1n) is 6.01. The number of carbonyl (C=O) groups is 1. The van der Waals surface area contributed by atoms with Crippen LogP contribution in [0.3, 0.4) is 0 Å². The summed E-state index contributed by atoms with van der Waals surface area (Å²) in [5.74, 6) is -0.441. The molecular formula is C13H16N2O2. The predicted molar refractivity (Wildman–Crippen MR) is 65.2 cm³/mol. The summed E-state index contributed by atoms with van der Waals surface area (Å²) in [7, 11) is 0. The van der Waals surface area contributed by atoms with Crippen LogP contribution in [0.4, 0.5) is 5.69 Å². The Balaban J connectivity index is 1.94. The average Bonchev–Trinajstić information content (AvgIpc) is 2.68. The number of hydrogen-bond donors (Lipinski definition) is 3. The summed E-state index contributed by atoms with van der Waals surface area (Å²) >= 11 is 0. The third-order valence-electron chi connectivity index (χ3n) is 3.91. The zero-order valence-electron chi connectivity index (χ0n) is 9.68. The van der Waals surface area contributed by atoms with E-state index in [0.717, 1.165) is 5.69 Å². The molecule has 0 aliphatic carbocycles. The van der Waals surface area contributed by atoms with Crippen LogP contribution in [-0.2, 0) is 4.79 Å². The standard InChI is InChI=1S/C13H16N2O2/c1-7-12-9(6-11(14-7)13(16)17)8-4-2-3-5-10(8)15-12/h2-5,7,9,11-12,14-15H,6H2,1H3,(H,16,17)/t7-,9?,11-,12?/m0/s1. The number of hydrogen-bond acceptors (Lipinski definition) is 3. The SMILES string of the molecule is C[C@@H]1N[C@H](C(=O)O)CC2c3ccccc3NC21. The maximum atomic E-state index is 11.1. The Morgan fingerprint density at radius 2 is 2.18 bits per heavy atom. The number of para-hydroxylation sites is 1. The second-order valence-electron chi connectivity index (χ2n) is 4.95. The number of rotatable bonds is 1. The van der Waals surface area contributed by atoms with Gasteiger partial charge in [0, 0.05) is 23.7 Å². The van der Waals surface area contributed by atoms with Crippen LogP contribution in [0, 0.1) is 0 Å². The summed E-state index contributed by atoms with van der Waals surface area (Å²) in [6.07, 6.45) is 0.661. The molecule has 0 amide bonds. The van der Waals surface area contributed by atoms with E-state index in [1.54, 1.807) is 0 Å². The molecule has 1 aromatic carbocycles. The molecule has 4 atom stereocenters. The minimum atomic E-state index is -0.750. The Morgan fingerprint density at radius 3 is 2.94 bits per heavy atom. The highest BCUT2D eigenvalue weighted by atomic mass is 16.4. The summed E-state index contributed by atoms with van der Waals surface area (Å²) in [5.41, 5.74) is 2.42. The first-order chi connectivity index (χ1) is 8.16. The molecule has 0 radical (unpaired) electrons. The number of benzene rings is 1. The van der Waals surface area contributed by atoms with Crippen molar-refractivity contribution in [3.8, 4) is 0 Å². The van der Waals surface area contributed by atoms with Gasteiger partial charge in [0.25, 0.3) is 0 Å². The molecule has 2 heterocycles. The number of piperidine rings is 1. The third-order valence-corrected chi connectivity index (χ3v) is 3.91. The second kappa shape index (κ2) is 3.74. The van der Waals surface area contributed by atoms with Crippen molar-refractivity contribution >= 4 is 11.7 Å². The number of carboxylic acid groups (broad SMARTS) is 1. The van der Waals surface area contributed by atoms with Gasteiger partial charge in [0.1, 0.15) is 6.04 Å². The molecule has 4 heteroatoms. The quantitative estimate of drug-likeness (QED) is 0.685. The fourth-order valence-corrected chi connectivity index (χ4v) is 3.09. The van der Waals surface area contributed by atoms with Crippen molar-refractivity contribution in [2.45, 2.75) is 37.4 Å². The van der Waals surface area contributed by atoms with Crippen molar-refractivity contribution in [2.24, 2.45) is 0 Å². The van der Waals surface area contributed by atoms with Gasteiger partial charge >= 0.3 is 5.97 Å². The highest BCUT2D eigenvalue weighted by Crippen LogP contribution is 2.41. The van der Waals surface area contributed by atoms with E-state index in [1.807, 2.05) is 19.1 Å². The number of anilines is 1. The molecule has 90 valence electrons. The van der Waals surface area contributed by atoms with Crippen molar-refractivity contribution in [3.05, 3.63) is 29.8 Å². The summed E-state index contributed by atoms with van der Waals surface area (Å²) in [6.45, 7) is 2.05. The molecule has 2 aliphatic heterocycles. The van der Waals surface area contributed by atoms with Crippen LogP contribution < -0.4 is 10.6 Å². The predicted octanol–water partition coefficient (Wildman–Crippen LogP) is 1.40. The molecule has 17 heavy (non-hydrogen) atoms. The summed E-state index contributed by atoms with van der Waals surface area (Å²) in [6, 6.07) is 8.24. The molecule has 0 aromatic heterocycles. The van der Waals surface area contributed by atoms with Crippen LogP contribution in [0.5, 0.6) is 0 Å². The van der Waals surface area contributed by atoms with Gasteiger partial charge in [0.2, 0.25) is 0 Å². The number of fused-ring (bicyclic) bond motifs is 3. The maximum Gasteiger partial charge on any atom is 0.320 e. The monoisotopic (exact) mass is 232 g/mol. The van der Waals surface area contributed by atoms with E-state index in [0.29, 0.717) is 18.4 Å². The Labute approximate surface area is 100 Å². The van der Waals surface area contributed by atoms with Crippen LogP contribution >= 0.6 is 0 Å². The molecule has 0 spiro atoms. The van der Waals surface area contributed by atoms with Crippen molar-refractivity contribution < 1.29 is 9.90 Å². The summed E-state index contributed by atoms with van der Waals surface area (Å²) in [5, 5.41) is 15.8. The first kappa shape index (κ1) is 10.6. The van der Waals surface area contributed by atoms with E-state index in [2.05, 4.69) is 22.8 Å². The zero-order chi connectivity index (χ0) is 12.0. The number of aliphatic carboxylic acids is 1. The lowest BCUT2D eigenvalue weighted by Crippen LogP contribution is -2.55. The van der Waals surface area contributed by atoms with Gasteiger partial charge in [0.05, 0.1) is 0 Å². The van der Waals surface area contributed by atoms with Crippen molar-refractivity contribution in [3.63, 3.8) is 0 Å². The van der Waals surface area contributed by atoms with Crippen molar-refractivity contribution in [2.75, 3.05) is 5.32 Å². The Bertz CT molecular complexity index is 460. The molecule has 4 nitrogen and oxygen atoms in total.